The van der Waals surface area contributed by atoms with Crippen molar-refractivity contribution in [1.82, 2.24) is 8.87 Å². The van der Waals surface area contributed by atoms with Crippen LogP contribution >= 0.6 is 34.5 Å². The monoisotopic (exact) mass is 603 g/mol. The Morgan fingerprint density at radius 1 is 1.05 bits per heavy atom. The van der Waals surface area contributed by atoms with Gasteiger partial charge in [-0.3, -0.25) is 9.59 Å². The summed E-state index contributed by atoms with van der Waals surface area (Å²) in [5, 5.41) is 0.690. The van der Waals surface area contributed by atoms with Gasteiger partial charge in [0.05, 0.1) is 40.0 Å². The zero-order chi connectivity index (χ0) is 27.9. The number of hydrogen-bond donors (Lipinski definition) is 0. The molecule has 0 radical (unpaired) electrons. The molecule has 14 heteroatoms. The van der Waals surface area contributed by atoms with Gasteiger partial charge in [-0.15, -0.1) is 0 Å². The molecule has 1 heterocycles. The number of halogens is 2. The van der Waals surface area contributed by atoms with Gasteiger partial charge >= 0.3 is 5.97 Å². The maximum absolute atomic E-state index is 13.1. The van der Waals surface area contributed by atoms with Crippen LogP contribution in [0.1, 0.15) is 17.3 Å². The summed E-state index contributed by atoms with van der Waals surface area (Å²) in [7, 11) is -0.875. The average molecular weight is 605 g/mol. The second-order valence-electron chi connectivity index (χ2n) is 7.84. The van der Waals surface area contributed by atoms with Crippen molar-refractivity contribution in [2.45, 2.75) is 18.4 Å². The Balaban J connectivity index is 1.97. The van der Waals surface area contributed by atoms with Gasteiger partial charge in [0.2, 0.25) is 10.0 Å². The van der Waals surface area contributed by atoms with Gasteiger partial charge in [-0.2, -0.15) is 9.30 Å². The van der Waals surface area contributed by atoms with Gasteiger partial charge in [0.15, 0.2) is 4.80 Å². The molecule has 10 nitrogen and oxygen atoms in total. The normalized spacial score (nSPS) is 12.4. The summed E-state index contributed by atoms with van der Waals surface area (Å²) in [6.45, 7) is 2.40. The number of amides is 1. The maximum atomic E-state index is 13.1. The third-order valence-corrected chi connectivity index (χ3v) is 8.76. The molecule has 0 aliphatic rings. The predicted molar refractivity (Wildman–Crippen MR) is 145 cm³/mol. The van der Waals surface area contributed by atoms with Crippen molar-refractivity contribution >= 4 is 66.7 Å². The second kappa shape index (κ2) is 13.7. The molecule has 0 saturated carbocycles. The zero-order valence-corrected chi connectivity index (χ0v) is 24.1. The number of rotatable bonds is 12. The first-order valence-electron chi connectivity index (χ1n) is 11.4. The molecule has 3 aromatic rings. The Hall–Kier alpha value is -2.32. The van der Waals surface area contributed by atoms with E-state index in [2.05, 4.69) is 4.99 Å². The SMILES string of the molecule is CCOC(=O)Cn1c(=NC(=O)c2ccc(S(=O)(=O)N(CCOC)CCOC)cc2)sc2cc(Cl)cc(Cl)c21. The fraction of sp³-hybridized carbons (Fsp3) is 0.375. The second-order valence-corrected chi connectivity index (χ2v) is 11.6. The highest BCUT2D eigenvalue weighted by Gasteiger charge is 2.24. The molecule has 3 rings (SSSR count). The number of methoxy groups -OCH3 is 2. The number of carbonyl (C=O) groups is 2. The van der Waals surface area contributed by atoms with Gasteiger partial charge in [-0.1, -0.05) is 34.5 Å². The first-order valence-corrected chi connectivity index (χ1v) is 14.4. The van der Waals surface area contributed by atoms with Crippen molar-refractivity contribution in [3.63, 3.8) is 0 Å². The van der Waals surface area contributed by atoms with Crippen LogP contribution in [0.3, 0.4) is 0 Å². The molecule has 2 aromatic carbocycles. The molecule has 0 unspecified atom stereocenters. The number of hydrogen-bond acceptors (Lipinski definition) is 8. The predicted octanol–water partition coefficient (Wildman–Crippen LogP) is 3.60. The van der Waals surface area contributed by atoms with Gasteiger partial charge in [-0.25, -0.2) is 8.42 Å². The van der Waals surface area contributed by atoms with Crippen molar-refractivity contribution in [2.24, 2.45) is 4.99 Å². The molecule has 0 bridgehead atoms. The Bertz CT molecular complexity index is 1460. The molecule has 38 heavy (non-hydrogen) atoms. The lowest BCUT2D eigenvalue weighted by molar-refractivity contribution is -0.143. The summed E-state index contributed by atoms with van der Waals surface area (Å²) in [4.78, 5) is 29.7. The highest BCUT2D eigenvalue weighted by molar-refractivity contribution is 7.89. The van der Waals surface area contributed by atoms with E-state index >= 15 is 0 Å². The smallest absolute Gasteiger partial charge is 0.326 e. The molecule has 0 aliphatic heterocycles. The van der Waals surface area contributed by atoms with Crippen LogP contribution in [0.25, 0.3) is 10.2 Å². The fourth-order valence-electron chi connectivity index (χ4n) is 3.51. The summed E-state index contributed by atoms with van der Waals surface area (Å²) in [6.07, 6.45) is 0. The maximum Gasteiger partial charge on any atom is 0.326 e. The van der Waals surface area contributed by atoms with Crippen LogP contribution < -0.4 is 4.80 Å². The summed E-state index contributed by atoms with van der Waals surface area (Å²) in [6, 6.07) is 8.66. The van der Waals surface area contributed by atoms with Crippen LogP contribution in [0.15, 0.2) is 46.3 Å². The highest BCUT2D eigenvalue weighted by Crippen LogP contribution is 2.30. The molecule has 0 fully saturated rings. The lowest BCUT2D eigenvalue weighted by atomic mass is 10.2. The quantitative estimate of drug-likeness (QED) is 0.290. The minimum absolute atomic E-state index is 0.0157. The topological polar surface area (TPSA) is 117 Å². The van der Waals surface area contributed by atoms with Crippen LogP contribution in [0.5, 0.6) is 0 Å². The number of fused-ring (bicyclic) bond motifs is 1. The van der Waals surface area contributed by atoms with Crippen LogP contribution in [0.4, 0.5) is 0 Å². The molecule has 0 aliphatic carbocycles. The van der Waals surface area contributed by atoms with E-state index in [4.69, 9.17) is 37.4 Å². The Morgan fingerprint density at radius 3 is 2.26 bits per heavy atom. The van der Waals surface area contributed by atoms with Crippen molar-refractivity contribution in [3.05, 3.63) is 56.8 Å². The Kier molecular flexibility index (Phi) is 10.9. The van der Waals surface area contributed by atoms with Crippen LogP contribution in [0, 0.1) is 0 Å². The molecule has 1 amide bonds. The van der Waals surface area contributed by atoms with Gasteiger partial charge in [0.1, 0.15) is 6.54 Å². The van der Waals surface area contributed by atoms with Crippen molar-refractivity contribution in [2.75, 3.05) is 47.1 Å². The average Bonchev–Trinajstić information content (AvgIpc) is 3.20. The van der Waals surface area contributed by atoms with Gasteiger partial charge < -0.3 is 18.8 Å². The van der Waals surface area contributed by atoms with Crippen molar-refractivity contribution in [1.29, 1.82) is 0 Å². The third kappa shape index (κ3) is 7.20. The Labute approximate surface area is 234 Å². The molecule has 0 N–H and O–H groups in total. The lowest BCUT2D eigenvalue weighted by Crippen LogP contribution is -2.36. The number of ether oxygens (including phenoxy) is 3. The van der Waals surface area contributed by atoms with E-state index in [0.29, 0.717) is 20.3 Å². The highest BCUT2D eigenvalue weighted by atomic mass is 35.5. The van der Waals surface area contributed by atoms with Gasteiger partial charge in [0.25, 0.3) is 5.91 Å². The van der Waals surface area contributed by atoms with Crippen LogP contribution in [-0.2, 0) is 35.6 Å². The van der Waals surface area contributed by atoms with E-state index in [0.717, 1.165) is 11.3 Å². The van der Waals surface area contributed by atoms with Crippen LogP contribution in [-0.4, -0.2) is 76.3 Å². The van der Waals surface area contributed by atoms with E-state index in [1.807, 2.05) is 0 Å². The zero-order valence-electron chi connectivity index (χ0n) is 21.0. The molecule has 0 spiro atoms. The van der Waals surface area contributed by atoms with Gasteiger partial charge in [-0.05, 0) is 43.3 Å². The minimum Gasteiger partial charge on any atom is -0.465 e. The summed E-state index contributed by atoms with van der Waals surface area (Å²) in [5.74, 6) is -1.15. The number of esters is 1. The summed E-state index contributed by atoms with van der Waals surface area (Å²) < 4.78 is 44.7. The van der Waals surface area contributed by atoms with E-state index in [1.165, 1.54) is 53.4 Å². The van der Waals surface area contributed by atoms with E-state index in [-0.39, 0.29) is 54.7 Å². The molecular formula is C24H27Cl2N3O7S2. The fourth-order valence-corrected chi connectivity index (χ4v) is 6.72. The summed E-state index contributed by atoms with van der Waals surface area (Å²) in [5.41, 5.74) is 0.655. The first kappa shape index (κ1) is 30.2. The first-order chi connectivity index (χ1) is 18.1. The largest absolute Gasteiger partial charge is 0.465 e. The number of thiazole rings is 1. The van der Waals surface area contributed by atoms with E-state index in [1.54, 1.807) is 13.0 Å². The molecular weight excluding hydrogens is 577 g/mol. The van der Waals surface area contributed by atoms with E-state index in [9.17, 15) is 18.0 Å². The molecule has 206 valence electrons. The number of sulfonamides is 1. The third-order valence-electron chi connectivity index (χ3n) is 5.31. The number of aromatic nitrogens is 1. The molecule has 0 atom stereocenters. The molecule has 1 aromatic heterocycles. The number of carbonyl (C=O) groups excluding carboxylic acids is 2. The van der Waals surface area contributed by atoms with E-state index < -0.39 is 21.9 Å². The number of nitrogens with zero attached hydrogens (tertiary/aromatic N) is 3. The lowest BCUT2D eigenvalue weighted by Gasteiger charge is -2.21. The molecule has 0 saturated heterocycles. The minimum atomic E-state index is -3.85. The Morgan fingerprint density at radius 2 is 1.68 bits per heavy atom. The van der Waals surface area contributed by atoms with Crippen LogP contribution in [0.2, 0.25) is 10.0 Å². The van der Waals surface area contributed by atoms with Gasteiger partial charge in [0, 0.05) is 37.9 Å². The standard InChI is InChI=1S/C24H27Cl2N3O7S2/c1-4-36-21(30)15-29-22-19(26)13-17(25)14-20(22)37-24(29)27-23(31)16-5-7-18(8-6-16)38(32,33)28(9-11-34-2)10-12-35-3/h5-8,13-14H,4,9-12,15H2,1-3H3. The number of benzene rings is 2. The van der Waals surface area contributed by atoms with Crippen molar-refractivity contribution < 1.29 is 32.2 Å². The van der Waals surface area contributed by atoms with Crippen molar-refractivity contribution in [3.8, 4) is 0 Å². The summed E-state index contributed by atoms with van der Waals surface area (Å²) >= 11 is 13.7.